The first-order valence-electron chi connectivity index (χ1n) is 4.56. The molecule has 0 saturated heterocycles. The molecule has 0 aliphatic carbocycles. The van der Waals surface area contributed by atoms with Gasteiger partial charge in [0.2, 0.25) is 0 Å². The van der Waals surface area contributed by atoms with Crippen molar-refractivity contribution in [3.05, 3.63) is 41.0 Å². The summed E-state index contributed by atoms with van der Waals surface area (Å²) in [7, 11) is 0. The summed E-state index contributed by atoms with van der Waals surface area (Å²) in [4.78, 5) is 0. The SMILES string of the molecule is Cc1ccc(C=CCCS)cc1C#N. The molecule has 0 atom stereocenters. The Labute approximate surface area is 90.5 Å². The van der Waals surface area contributed by atoms with Gasteiger partial charge < -0.3 is 0 Å². The summed E-state index contributed by atoms with van der Waals surface area (Å²) in [5, 5.41) is 8.83. The van der Waals surface area contributed by atoms with E-state index in [1.54, 1.807) is 0 Å². The molecule has 1 aromatic rings. The molecular formula is C12H13NS. The highest BCUT2D eigenvalue weighted by Gasteiger charge is 1.96. The summed E-state index contributed by atoms with van der Waals surface area (Å²) in [5.74, 6) is 0.855. The minimum atomic E-state index is 0.748. The predicted molar refractivity (Wildman–Crippen MR) is 63.4 cm³/mol. The maximum atomic E-state index is 8.83. The average Bonchev–Trinajstić information content (AvgIpc) is 2.21. The van der Waals surface area contributed by atoms with Crippen molar-refractivity contribution < 1.29 is 0 Å². The van der Waals surface area contributed by atoms with Gasteiger partial charge in [-0.1, -0.05) is 24.3 Å². The molecule has 0 N–H and O–H groups in total. The maximum absolute atomic E-state index is 8.83. The number of thiol groups is 1. The van der Waals surface area contributed by atoms with E-state index >= 15 is 0 Å². The van der Waals surface area contributed by atoms with Crippen LogP contribution in [0.1, 0.15) is 23.1 Å². The van der Waals surface area contributed by atoms with Crippen molar-refractivity contribution >= 4 is 18.7 Å². The quantitative estimate of drug-likeness (QED) is 0.749. The minimum absolute atomic E-state index is 0.748. The third-order valence-corrected chi connectivity index (χ3v) is 2.25. The van der Waals surface area contributed by atoms with Crippen molar-refractivity contribution in [1.82, 2.24) is 0 Å². The lowest BCUT2D eigenvalue weighted by Crippen LogP contribution is -1.82. The van der Waals surface area contributed by atoms with Gasteiger partial charge in [-0.05, 0) is 36.3 Å². The Kier molecular flexibility index (Phi) is 4.28. The van der Waals surface area contributed by atoms with E-state index in [0.717, 1.165) is 28.9 Å². The van der Waals surface area contributed by atoms with Crippen molar-refractivity contribution in [1.29, 1.82) is 5.26 Å². The lowest BCUT2D eigenvalue weighted by Gasteiger charge is -1.98. The van der Waals surface area contributed by atoms with Crippen molar-refractivity contribution in [3.63, 3.8) is 0 Å². The molecule has 0 aliphatic heterocycles. The van der Waals surface area contributed by atoms with Crippen LogP contribution in [0.3, 0.4) is 0 Å². The van der Waals surface area contributed by atoms with Gasteiger partial charge in [-0.3, -0.25) is 0 Å². The highest BCUT2D eigenvalue weighted by atomic mass is 32.1. The molecule has 0 radical (unpaired) electrons. The van der Waals surface area contributed by atoms with Gasteiger partial charge in [0.1, 0.15) is 0 Å². The Morgan fingerprint density at radius 2 is 2.29 bits per heavy atom. The molecule has 2 heteroatoms. The highest BCUT2D eigenvalue weighted by molar-refractivity contribution is 7.80. The normalized spacial score (nSPS) is 10.4. The van der Waals surface area contributed by atoms with Gasteiger partial charge in [-0.25, -0.2) is 0 Å². The monoisotopic (exact) mass is 203 g/mol. The molecule has 0 amide bonds. The molecule has 0 bridgehead atoms. The van der Waals surface area contributed by atoms with Crippen LogP contribution in [0.4, 0.5) is 0 Å². The van der Waals surface area contributed by atoms with Crippen LogP contribution in [0.15, 0.2) is 24.3 Å². The fourth-order valence-electron chi connectivity index (χ4n) is 1.16. The first-order chi connectivity index (χ1) is 6.77. The molecule has 72 valence electrons. The Hall–Kier alpha value is -1.20. The van der Waals surface area contributed by atoms with Crippen molar-refractivity contribution in [2.24, 2.45) is 0 Å². The first-order valence-corrected chi connectivity index (χ1v) is 5.19. The first kappa shape index (κ1) is 10.9. The van der Waals surface area contributed by atoms with E-state index in [4.69, 9.17) is 5.26 Å². The average molecular weight is 203 g/mol. The summed E-state index contributed by atoms with van der Waals surface area (Å²) in [6.45, 7) is 1.94. The van der Waals surface area contributed by atoms with Crippen LogP contribution in [0, 0.1) is 18.3 Å². The molecule has 0 fully saturated rings. The largest absolute Gasteiger partial charge is 0.192 e. The molecule has 0 spiro atoms. The molecule has 0 unspecified atom stereocenters. The molecule has 0 saturated carbocycles. The van der Waals surface area contributed by atoms with Crippen LogP contribution in [-0.4, -0.2) is 5.75 Å². The summed E-state index contributed by atoms with van der Waals surface area (Å²) in [6, 6.07) is 8.07. The Morgan fingerprint density at radius 1 is 1.50 bits per heavy atom. The van der Waals surface area contributed by atoms with Crippen LogP contribution in [0.5, 0.6) is 0 Å². The van der Waals surface area contributed by atoms with Crippen LogP contribution in [-0.2, 0) is 0 Å². The van der Waals surface area contributed by atoms with Gasteiger partial charge in [-0.15, -0.1) is 0 Å². The lowest BCUT2D eigenvalue weighted by molar-refractivity contribution is 1.26. The second kappa shape index (κ2) is 5.51. The van der Waals surface area contributed by atoms with Gasteiger partial charge in [0.25, 0.3) is 0 Å². The number of rotatable bonds is 3. The fraction of sp³-hybridized carbons (Fsp3) is 0.250. The number of nitrogens with zero attached hydrogens (tertiary/aromatic N) is 1. The fourth-order valence-corrected chi connectivity index (χ4v) is 1.31. The predicted octanol–water partition coefficient (Wildman–Crippen LogP) is 3.20. The summed E-state index contributed by atoms with van der Waals surface area (Å²) < 4.78 is 0. The van der Waals surface area contributed by atoms with Gasteiger partial charge in [0.05, 0.1) is 11.6 Å². The molecule has 0 aromatic heterocycles. The molecule has 0 heterocycles. The van der Waals surface area contributed by atoms with Gasteiger partial charge >= 0.3 is 0 Å². The van der Waals surface area contributed by atoms with Crippen molar-refractivity contribution in [3.8, 4) is 6.07 Å². The van der Waals surface area contributed by atoms with Crippen LogP contribution < -0.4 is 0 Å². The van der Waals surface area contributed by atoms with E-state index in [1.165, 1.54) is 0 Å². The smallest absolute Gasteiger partial charge is 0.0994 e. The van der Waals surface area contributed by atoms with E-state index in [0.29, 0.717) is 0 Å². The number of hydrogen-bond donors (Lipinski definition) is 1. The number of benzene rings is 1. The number of allylic oxidation sites excluding steroid dienone is 1. The minimum Gasteiger partial charge on any atom is -0.192 e. The zero-order valence-electron chi connectivity index (χ0n) is 8.20. The summed E-state index contributed by atoms with van der Waals surface area (Å²) in [6.07, 6.45) is 5.05. The van der Waals surface area contributed by atoms with Crippen LogP contribution >= 0.6 is 12.6 Å². The summed E-state index contributed by atoms with van der Waals surface area (Å²) in [5.41, 5.74) is 2.85. The van der Waals surface area contributed by atoms with Crippen LogP contribution in [0.25, 0.3) is 6.08 Å². The van der Waals surface area contributed by atoms with Gasteiger partial charge in [-0.2, -0.15) is 17.9 Å². The summed E-state index contributed by atoms with van der Waals surface area (Å²) >= 11 is 4.12. The zero-order chi connectivity index (χ0) is 10.4. The van der Waals surface area contributed by atoms with Crippen molar-refractivity contribution in [2.75, 3.05) is 5.75 Å². The van der Waals surface area contributed by atoms with E-state index < -0.39 is 0 Å². The third-order valence-electron chi connectivity index (χ3n) is 1.99. The van der Waals surface area contributed by atoms with E-state index in [-0.39, 0.29) is 0 Å². The third kappa shape index (κ3) is 2.93. The van der Waals surface area contributed by atoms with E-state index in [9.17, 15) is 0 Å². The molecular weight excluding hydrogens is 190 g/mol. The van der Waals surface area contributed by atoms with Crippen molar-refractivity contribution in [2.45, 2.75) is 13.3 Å². The van der Waals surface area contributed by atoms with Gasteiger partial charge in [0.15, 0.2) is 0 Å². The molecule has 1 rings (SSSR count). The maximum Gasteiger partial charge on any atom is 0.0994 e. The zero-order valence-corrected chi connectivity index (χ0v) is 9.09. The Balaban J connectivity index is 2.86. The number of nitriles is 1. The Bertz CT molecular complexity index is 374. The second-order valence-corrected chi connectivity index (χ2v) is 3.55. The lowest BCUT2D eigenvalue weighted by atomic mass is 10.1. The molecule has 14 heavy (non-hydrogen) atoms. The van der Waals surface area contributed by atoms with E-state index in [2.05, 4.69) is 24.8 Å². The topological polar surface area (TPSA) is 23.8 Å². The molecule has 1 aromatic carbocycles. The molecule has 1 nitrogen and oxygen atoms in total. The van der Waals surface area contributed by atoms with E-state index in [1.807, 2.05) is 31.2 Å². The number of aryl methyl sites for hydroxylation is 1. The molecule has 0 aliphatic rings. The van der Waals surface area contributed by atoms with Gasteiger partial charge in [0, 0.05) is 0 Å². The highest BCUT2D eigenvalue weighted by Crippen LogP contribution is 2.11. The second-order valence-electron chi connectivity index (χ2n) is 3.10. The standard InChI is InChI=1S/C12H13NS/c1-10-5-6-11(4-2-3-7-14)8-12(10)9-13/h2,4-6,8,14H,3,7H2,1H3. The number of hydrogen-bond acceptors (Lipinski definition) is 2. The van der Waals surface area contributed by atoms with Crippen LogP contribution in [0.2, 0.25) is 0 Å². The Morgan fingerprint density at radius 3 is 2.93 bits per heavy atom.